The fourth-order valence-corrected chi connectivity index (χ4v) is 3.79. The standard InChI is InChI=1S/C21H23BrF2N2O4/c1-28-18-5-3-14(12-19(18)29-2)20(27)26-9-7-25(8-10-26)13-15-11-16(22)4-6-17(15)30-21(23)24/h3-6,11-12,21H,7-10,13H2,1-2H3. The summed E-state index contributed by atoms with van der Waals surface area (Å²) in [6, 6.07) is 10.1. The monoisotopic (exact) mass is 484 g/mol. The van der Waals surface area contributed by atoms with Gasteiger partial charge in [0.25, 0.3) is 5.91 Å². The van der Waals surface area contributed by atoms with E-state index in [1.165, 1.54) is 13.2 Å². The van der Waals surface area contributed by atoms with Crippen molar-refractivity contribution in [1.29, 1.82) is 0 Å². The van der Waals surface area contributed by atoms with E-state index in [9.17, 15) is 13.6 Å². The quantitative estimate of drug-likeness (QED) is 0.593. The van der Waals surface area contributed by atoms with Crippen molar-refractivity contribution in [3.63, 3.8) is 0 Å². The molecule has 2 aromatic carbocycles. The average molecular weight is 485 g/mol. The van der Waals surface area contributed by atoms with Crippen molar-refractivity contribution in [1.82, 2.24) is 9.80 Å². The largest absolute Gasteiger partial charge is 0.493 e. The summed E-state index contributed by atoms with van der Waals surface area (Å²) >= 11 is 3.37. The third-order valence-electron chi connectivity index (χ3n) is 4.92. The lowest BCUT2D eigenvalue weighted by Crippen LogP contribution is -2.48. The van der Waals surface area contributed by atoms with Crippen molar-refractivity contribution < 1.29 is 27.8 Å². The highest BCUT2D eigenvalue weighted by molar-refractivity contribution is 9.10. The third kappa shape index (κ3) is 5.40. The zero-order valence-electron chi connectivity index (χ0n) is 16.7. The van der Waals surface area contributed by atoms with E-state index in [4.69, 9.17) is 9.47 Å². The van der Waals surface area contributed by atoms with Crippen molar-refractivity contribution >= 4 is 21.8 Å². The summed E-state index contributed by atoms with van der Waals surface area (Å²) in [5, 5.41) is 0. The molecule has 162 valence electrons. The number of hydrogen-bond donors (Lipinski definition) is 0. The minimum absolute atomic E-state index is 0.0835. The van der Waals surface area contributed by atoms with Crippen molar-refractivity contribution in [3.8, 4) is 17.2 Å². The molecule has 1 saturated heterocycles. The van der Waals surface area contributed by atoms with E-state index in [0.29, 0.717) is 55.3 Å². The first-order valence-electron chi connectivity index (χ1n) is 9.38. The van der Waals surface area contributed by atoms with E-state index >= 15 is 0 Å². The van der Waals surface area contributed by atoms with Crippen LogP contribution in [0.4, 0.5) is 8.78 Å². The number of methoxy groups -OCH3 is 2. The van der Waals surface area contributed by atoms with Crippen molar-refractivity contribution in [3.05, 3.63) is 52.0 Å². The topological polar surface area (TPSA) is 51.2 Å². The van der Waals surface area contributed by atoms with Gasteiger partial charge in [0.1, 0.15) is 5.75 Å². The molecule has 30 heavy (non-hydrogen) atoms. The summed E-state index contributed by atoms with van der Waals surface area (Å²) in [6.07, 6.45) is 0. The Morgan fingerprint density at radius 1 is 1.00 bits per heavy atom. The molecule has 2 aromatic rings. The molecule has 0 saturated carbocycles. The maximum atomic E-state index is 12.9. The Labute approximate surface area is 182 Å². The van der Waals surface area contributed by atoms with Gasteiger partial charge in [-0.2, -0.15) is 8.78 Å². The number of benzene rings is 2. The lowest BCUT2D eigenvalue weighted by molar-refractivity contribution is -0.0509. The second kappa shape index (κ2) is 10.1. The highest BCUT2D eigenvalue weighted by atomic mass is 79.9. The molecular formula is C21H23BrF2N2O4. The Morgan fingerprint density at radius 2 is 1.67 bits per heavy atom. The highest BCUT2D eigenvalue weighted by Gasteiger charge is 2.24. The van der Waals surface area contributed by atoms with Gasteiger partial charge in [0.2, 0.25) is 0 Å². The van der Waals surface area contributed by atoms with Crippen molar-refractivity contribution in [2.45, 2.75) is 13.2 Å². The van der Waals surface area contributed by atoms with E-state index in [0.717, 1.165) is 4.47 Å². The molecule has 3 rings (SSSR count). The van der Waals surface area contributed by atoms with Crippen LogP contribution < -0.4 is 14.2 Å². The van der Waals surface area contributed by atoms with Gasteiger partial charge < -0.3 is 19.1 Å². The Bertz CT molecular complexity index is 889. The van der Waals surface area contributed by atoms with Crippen molar-refractivity contribution in [2.24, 2.45) is 0 Å². The molecule has 0 spiro atoms. The summed E-state index contributed by atoms with van der Waals surface area (Å²) in [5.41, 5.74) is 1.20. The molecule has 0 radical (unpaired) electrons. The number of amides is 1. The molecular weight excluding hydrogens is 462 g/mol. The molecule has 9 heteroatoms. The number of rotatable bonds is 7. The van der Waals surface area contributed by atoms with Crippen LogP contribution in [0.5, 0.6) is 17.2 Å². The van der Waals surface area contributed by atoms with Gasteiger partial charge in [-0.05, 0) is 36.4 Å². The molecule has 1 amide bonds. The van der Waals surface area contributed by atoms with Crippen LogP contribution in [0, 0.1) is 0 Å². The highest BCUT2D eigenvalue weighted by Crippen LogP contribution is 2.29. The van der Waals surface area contributed by atoms with Gasteiger partial charge in [0.15, 0.2) is 11.5 Å². The first-order valence-corrected chi connectivity index (χ1v) is 10.2. The zero-order chi connectivity index (χ0) is 21.7. The van der Waals surface area contributed by atoms with Gasteiger partial charge in [-0.1, -0.05) is 15.9 Å². The number of carbonyl (C=O) groups is 1. The minimum atomic E-state index is -2.87. The first-order chi connectivity index (χ1) is 14.4. The van der Waals surface area contributed by atoms with Gasteiger partial charge >= 0.3 is 6.61 Å². The molecule has 1 aliphatic rings. The number of piperazine rings is 1. The summed E-state index contributed by atoms with van der Waals surface area (Å²) in [5.74, 6) is 1.15. The third-order valence-corrected chi connectivity index (χ3v) is 5.42. The summed E-state index contributed by atoms with van der Waals surface area (Å²) in [4.78, 5) is 16.7. The van der Waals surface area contributed by atoms with Crippen LogP contribution in [0.1, 0.15) is 15.9 Å². The zero-order valence-corrected chi connectivity index (χ0v) is 18.3. The van der Waals surface area contributed by atoms with E-state index in [1.54, 1.807) is 42.3 Å². The second-order valence-electron chi connectivity index (χ2n) is 6.77. The number of ether oxygens (including phenoxy) is 3. The second-order valence-corrected chi connectivity index (χ2v) is 7.68. The van der Waals surface area contributed by atoms with Gasteiger partial charge in [-0.15, -0.1) is 0 Å². The summed E-state index contributed by atoms with van der Waals surface area (Å²) in [6.45, 7) is -0.0987. The van der Waals surface area contributed by atoms with Crippen LogP contribution in [-0.2, 0) is 6.54 Å². The van der Waals surface area contributed by atoms with Gasteiger partial charge in [0.05, 0.1) is 14.2 Å². The van der Waals surface area contributed by atoms with Gasteiger partial charge in [-0.3, -0.25) is 9.69 Å². The lowest BCUT2D eigenvalue weighted by atomic mass is 10.1. The summed E-state index contributed by atoms with van der Waals surface area (Å²) < 4.78 is 41.3. The number of hydrogen-bond acceptors (Lipinski definition) is 5. The van der Waals surface area contributed by atoms with Crippen LogP contribution in [0.15, 0.2) is 40.9 Å². The molecule has 6 nitrogen and oxygen atoms in total. The molecule has 1 heterocycles. The molecule has 0 aromatic heterocycles. The SMILES string of the molecule is COc1ccc(C(=O)N2CCN(Cc3cc(Br)ccc3OC(F)F)CC2)cc1OC. The molecule has 0 unspecified atom stereocenters. The number of halogens is 3. The maximum absolute atomic E-state index is 12.9. The van der Waals surface area contributed by atoms with E-state index in [1.807, 2.05) is 0 Å². The molecule has 1 fully saturated rings. The molecule has 0 atom stereocenters. The smallest absolute Gasteiger partial charge is 0.387 e. The van der Waals surface area contributed by atoms with E-state index in [2.05, 4.69) is 25.6 Å². The molecule has 0 N–H and O–H groups in total. The Balaban J connectivity index is 1.63. The maximum Gasteiger partial charge on any atom is 0.387 e. The van der Waals surface area contributed by atoms with Crippen LogP contribution in [0.2, 0.25) is 0 Å². The molecule has 1 aliphatic heterocycles. The lowest BCUT2D eigenvalue weighted by Gasteiger charge is -2.35. The predicted octanol–water partition coefficient (Wildman–Crippen LogP) is 4.03. The summed E-state index contributed by atoms with van der Waals surface area (Å²) in [7, 11) is 3.07. The van der Waals surface area contributed by atoms with Crippen LogP contribution in [0.3, 0.4) is 0 Å². The predicted molar refractivity (Wildman–Crippen MR) is 112 cm³/mol. The van der Waals surface area contributed by atoms with E-state index in [-0.39, 0.29) is 11.7 Å². The fourth-order valence-electron chi connectivity index (χ4n) is 3.38. The number of carbonyl (C=O) groups excluding carboxylic acids is 1. The first kappa shape index (κ1) is 22.3. The average Bonchev–Trinajstić information content (AvgIpc) is 2.75. The van der Waals surface area contributed by atoms with Crippen LogP contribution in [-0.4, -0.2) is 62.7 Å². The Morgan fingerprint density at radius 3 is 2.30 bits per heavy atom. The van der Waals surface area contributed by atoms with E-state index < -0.39 is 6.61 Å². The van der Waals surface area contributed by atoms with Crippen LogP contribution >= 0.6 is 15.9 Å². The molecule has 0 bridgehead atoms. The number of nitrogens with zero attached hydrogens (tertiary/aromatic N) is 2. The molecule has 0 aliphatic carbocycles. The minimum Gasteiger partial charge on any atom is -0.493 e. The normalized spacial score (nSPS) is 14.7. The number of alkyl halides is 2. The fraction of sp³-hybridized carbons (Fsp3) is 0.381. The Hall–Kier alpha value is -2.39. The van der Waals surface area contributed by atoms with Crippen molar-refractivity contribution in [2.75, 3.05) is 40.4 Å². The van der Waals surface area contributed by atoms with Gasteiger partial charge in [0, 0.05) is 48.3 Å². The Kier molecular flexibility index (Phi) is 7.49. The van der Waals surface area contributed by atoms with Crippen LogP contribution in [0.25, 0.3) is 0 Å². The van der Waals surface area contributed by atoms with Gasteiger partial charge in [-0.25, -0.2) is 0 Å².